The highest BCUT2D eigenvalue weighted by atomic mass is 19.1. The molecule has 0 spiro atoms. The highest BCUT2D eigenvalue weighted by molar-refractivity contribution is 5.84. The Hall–Kier alpha value is -2.67. The minimum Gasteiger partial charge on any atom is -0.370 e. The second-order valence-corrected chi connectivity index (χ2v) is 10.3. The summed E-state index contributed by atoms with van der Waals surface area (Å²) in [6.45, 7) is 15.4. The number of allylic oxidation sites excluding steroid dienone is 5. The molecule has 1 saturated carbocycles. The number of nitrogens with one attached hydrogen (secondary N) is 1. The van der Waals surface area contributed by atoms with Crippen molar-refractivity contribution in [1.82, 2.24) is 19.6 Å². The van der Waals surface area contributed by atoms with Crippen molar-refractivity contribution in [2.75, 3.05) is 26.2 Å². The van der Waals surface area contributed by atoms with Crippen LogP contribution in [-0.2, 0) is 5.54 Å². The zero-order valence-electron chi connectivity index (χ0n) is 20.0. The van der Waals surface area contributed by atoms with Crippen molar-refractivity contribution in [2.45, 2.75) is 57.2 Å². The third kappa shape index (κ3) is 3.23. The number of hydrogen-bond donors (Lipinski definition) is 1. The number of rotatable bonds is 5. The molecular formula is C26H36FN5O. The first-order valence-corrected chi connectivity index (χ1v) is 12.0. The first-order chi connectivity index (χ1) is 15.7. The largest absolute Gasteiger partial charge is 0.370 e. The lowest BCUT2D eigenvalue weighted by atomic mass is 9.79. The van der Waals surface area contributed by atoms with E-state index in [1.54, 1.807) is 23.9 Å². The van der Waals surface area contributed by atoms with Crippen LogP contribution < -0.4 is 5.56 Å². The summed E-state index contributed by atoms with van der Waals surface area (Å²) in [7, 11) is 0. The van der Waals surface area contributed by atoms with Crippen LogP contribution in [0, 0.1) is 5.92 Å². The Morgan fingerprint density at radius 1 is 1.33 bits per heavy atom. The predicted molar refractivity (Wildman–Crippen MR) is 133 cm³/mol. The van der Waals surface area contributed by atoms with E-state index in [4.69, 9.17) is 0 Å². The summed E-state index contributed by atoms with van der Waals surface area (Å²) in [6.07, 6.45) is 12.4. The Bertz CT molecular complexity index is 1150. The summed E-state index contributed by atoms with van der Waals surface area (Å²) in [5, 5.41) is 3.35. The molecule has 1 saturated heterocycles. The van der Waals surface area contributed by atoms with E-state index in [0.29, 0.717) is 28.9 Å². The van der Waals surface area contributed by atoms with Gasteiger partial charge in [0, 0.05) is 51.5 Å². The molecule has 0 aromatic carbocycles. The predicted octanol–water partition coefficient (Wildman–Crippen LogP) is 3.95. The summed E-state index contributed by atoms with van der Waals surface area (Å²) >= 11 is 0. The van der Waals surface area contributed by atoms with Crippen molar-refractivity contribution in [3.05, 3.63) is 70.1 Å². The van der Waals surface area contributed by atoms with E-state index in [-0.39, 0.29) is 18.4 Å². The molecule has 6 nitrogen and oxygen atoms in total. The Kier molecular flexibility index (Phi) is 5.16. The molecule has 4 aliphatic rings. The van der Waals surface area contributed by atoms with Crippen molar-refractivity contribution < 1.29 is 5.82 Å². The van der Waals surface area contributed by atoms with Gasteiger partial charge in [-0.05, 0) is 34.1 Å². The average molecular weight is 454 g/mol. The Labute approximate surface area is 196 Å². The van der Waals surface area contributed by atoms with Gasteiger partial charge in [0.2, 0.25) is 0 Å². The molecule has 7 heteroatoms. The molecule has 1 aromatic rings. The van der Waals surface area contributed by atoms with E-state index < -0.39 is 11.5 Å². The number of fused-ring (bicyclic) bond motifs is 2. The van der Waals surface area contributed by atoms with Crippen molar-refractivity contribution in [2.24, 2.45) is 10.9 Å². The van der Waals surface area contributed by atoms with Crippen molar-refractivity contribution in [3.8, 4) is 0 Å². The lowest BCUT2D eigenvalue weighted by molar-refractivity contribution is 0.126. The minimum atomic E-state index is -1.15. The van der Waals surface area contributed by atoms with Gasteiger partial charge in [0.1, 0.15) is 11.4 Å². The van der Waals surface area contributed by atoms with Gasteiger partial charge in [0.15, 0.2) is 0 Å². The minimum absolute atomic E-state index is 0. The number of hydrogen-bond acceptors (Lipinski definition) is 4. The normalized spacial score (nSPS) is 33.7. The second-order valence-electron chi connectivity index (χ2n) is 10.3. The highest BCUT2D eigenvalue weighted by Gasteiger charge is 2.56. The number of piperazine rings is 1. The summed E-state index contributed by atoms with van der Waals surface area (Å²) < 4.78 is 17.8. The third-order valence-electron chi connectivity index (χ3n) is 8.14. The fourth-order valence-corrected chi connectivity index (χ4v) is 5.77. The van der Waals surface area contributed by atoms with Crippen molar-refractivity contribution in [3.63, 3.8) is 0 Å². The average Bonchev–Trinajstić information content (AvgIpc) is 3.48. The summed E-state index contributed by atoms with van der Waals surface area (Å²) in [6, 6.07) is 0.492. The van der Waals surface area contributed by atoms with E-state index >= 15 is 4.39 Å². The van der Waals surface area contributed by atoms with Crippen LogP contribution in [0.5, 0.6) is 0 Å². The van der Waals surface area contributed by atoms with Crippen LogP contribution in [0.4, 0.5) is 4.39 Å². The molecule has 2 aliphatic carbocycles. The van der Waals surface area contributed by atoms with Gasteiger partial charge in [-0.15, -0.1) is 6.58 Å². The first kappa shape index (κ1) is 22.1. The van der Waals surface area contributed by atoms with Crippen LogP contribution in [0.2, 0.25) is 0 Å². The molecule has 2 aliphatic heterocycles. The molecule has 1 aromatic heterocycles. The van der Waals surface area contributed by atoms with Crippen LogP contribution in [-0.4, -0.2) is 63.6 Å². The molecular weight excluding hydrogens is 417 g/mol. The van der Waals surface area contributed by atoms with Crippen molar-refractivity contribution >= 4 is 6.21 Å². The zero-order chi connectivity index (χ0) is 23.5. The summed E-state index contributed by atoms with van der Waals surface area (Å²) in [5.41, 5.74) is 0.248. The number of halogens is 1. The van der Waals surface area contributed by atoms with E-state index in [1.165, 1.54) is 0 Å². The molecule has 0 amide bonds. The van der Waals surface area contributed by atoms with E-state index in [2.05, 4.69) is 52.5 Å². The molecule has 4 atom stereocenters. The smallest absolute Gasteiger partial charge is 0.276 e. The van der Waals surface area contributed by atoms with Crippen molar-refractivity contribution in [1.29, 1.82) is 0 Å². The molecule has 5 rings (SSSR count). The van der Waals surface area contributed by atoms with Crippen LogP contribution in [0.25, 0.3) is 0 Å². The highest BCUT2D eigenvalue weighted by Crippen LogP contribution is 2.53. The molecule has 1 N–H and O–H groups in total. The van der Waals surface area contributed by atoms with Crippen LogP contribution in [0.3, 0.4) is 0 Å². The number of H-pyrrole nitrogens is 1. The van der Waals surface area contributed by atoms with Gasteiger partial charge >= 0.3 is 0 Å². The molecule has 3 heterocycles. The number of aromatic amines is 1. The fraction of sp³-hybridized carbons (Fsp3) is 0.538. The van der Waals surface area contributed by atoms with Gasteiger partial charge in [-0.25, -0.2) is 9.07 Å². The van der Waals surface area contributed by atoms with Gasteiger partial charge in [-0.1, -0.05) is 30.4 Å². The van der Waals surface area contributed by atoms with Gasteiger partial charge in [-0.2, -0.15) is 0 Å². The SMILES string of the molecule is C=CC1c2[nH]n(C34C=CC=CC3C4)c(=O)c2C=NC1(C)/C(F)=C(\C)N1CCN(C(C)C)CC1.[HH]. The lowest BCUT2D eigenvalue weighted by Gasteiger charge is -2.40. The molecule has 0 bridgehead atoms. The lowest BCUT2D eigenvalue weighted by Crippen LogP contribution is -2.48. The molecule has 178 valence electrons. The van der Waals surface area contributed by atoms with Crippen LogP contribution in [0.1, 0.15) is 52.7 Å². The van der Waals surface area contributed by atoms with Gasteiger partial charge in [0.25, 0.3) is 5.56 Å². The Morgan fingerprint density at radius 2 is 2.06 bits per heavy atom. The van der Waals surface area contributed by atoms with E-state index in [0.717, 1.165) is 32.6 Å². The monoisotopic (exact) mass is 453 g/mol. The molecule has 4 unspecified atom stereocenters. The number of aromatic nitrogens is 2. The van der Waals surface area contributed by atoms with Gasteiger partial charge in [-0.3, -0.25) is 19.8 Å². The maximum absolute atomic E-state index is 16.1. The fourth-order valence-electron chi connectivity index (χ4n) is 5.77. The standard InChI is InChI=1S/C26H34FN5O.H2/c1-6-21-22-20(24(33)32(29-22)26-10-8-7-9-19(26)15-26)16-28-25(21,5)23(27)18(4)31-13-11-30(12-14-31)17(2)3;/h6-10,16-17,19,21,29H,1,11-15H2,2-5H3;1H/b23-18-;. The van der Waals surface area contributed by atoms with Crippen LogP contribution >= 0.6 is 0 Å². The van der Waals surface area contributed by atoms with Gasteiger partial charge < -0.3 is 4.90 Å². The van der Waals surface area contributed by atoms with Crippen LogP contribution in [0.15, 0.2) is 58.3 Å². The maximum Gasteiger partial charge on any atom is 0.276 e. The molecule has 0 radical (unpaired) electrons. The molecule has 33 heavy (non-hydrogen) atoms. The van der Waals surface area contributed by atoms with Gasteiger partial charge in [0.05, 0.1) is 22.7 Å². The third-order valence-corrected chi connectivity index (χ3v) is 8.14. The zero-order valence-corrected chi connectivity index (χ0v) is 20.0. The first-order valence-electron chi connectivity index (χ1n) is 12.0. The number of aliphatic imine (C=N–C) groups is 1. The Morgan fingerprint density at radius 3 is 2.70 bits per heavy atom. The second kappa shape index (κ2) is 7.69. The topological polar surface area (TPSA) is 56.6 Å². The van der Waals surface area contributed by atoms with E-state index in [1.807, 2.05) is 19.1 Å². The van der Waals surface area contributed by atoms with E-state index in [9.17, 15) is 4.79 Å². The summed E-state index contributed by atoms with van der Waals surface area (Å²) in [4.78, 5) is 22.4. The number of nitrogens with zero attached hydrogens (tertiary/aromatic N) is 4. The molecule has 2 fully saturated rings. The maximum atomic E-state index is 16.1. The summed E-state index contributed by atoms with van der Waals surface area (Å²) in [5.74, 6) is -0.409. The Balaban J connectivity index is 0.00000274. The quantitative estimate of drug-likeness (QED) is 0.687.